The molecule has 9 heteroatoms. The minimum absolute atomic E-state index is 0.115. The molecule has 6 rings (SSSR count). The first kappa shape index (κ1) is 25.8. The van der Waals surface area contributed by atoms with Crippen molar-refractivity contribution >= 4 is 21.9 Å². The number of aromatic nitrogens is 4. The number of piperidine rings is 1. The number of ether oxygens (including phenoxy) is 2. The van der Waals surface area contributed by atoms with Crippen LogP contribution in [-0.2, 0) is 7.05 Å². The van der Waals surface area contributed by atoms with Crippen LogP contribution < -0.4 is 15.2 Å². The van der Waals surface area contributed by atoms with Gasteiger partial charge in [-0.15, -0.1) is 0 Å². The lowest BCUT2D eigenvalue weighted by molar-refractivity contribution is 0.203. The molecule has 1 fully saturated rings. The third-order valence-corrected chi connectivity index (χ3v) is 7.98. The monoisotopic (exact) mass is 533 g/mol. The van der Waals surface area contributed by atoms with Gasteiger partial charge in [-0.25, -0.2) is 14.2 Å². The van der Waals surface area contributed by atoms with Gasteiger partial charge in [-0.2, -0.15) is 0 Å². The number of rotatable bonds is 8. The first-order valence-electron chi connectivity index (χ1n) is 14.1. The highest BCUT2D eigenvalue weighted by Crippen LogP contribution is 2.44. The van der Waals surface area contributed by atoms with Crippen molar-refractivity contribution < 1.29 is 13.9 Å². The predicted octanol–water partition coefficient (Wildman–Crippen LogP) is 5.32. The fourth-order valence-electron chi connectivity index (χ4n) is 6.10. The van der Waals surface area contributed by atoms with Crippen LogP contribution in [0.15, 0.2) is 35.4 Å². The summed E-state index contributed by atoms with van der Waals surface area (Å²) in [5.74, 6) is 0.842. The summed E-state index contributed by atoms with van der Waals surface area (Å²) >= 11 is 0. The van der Waals surface area contributed by atoms with Crippen LogP contribution in [0.2, 0.25) is 0 Å². The second-order valence-corrected chi connectivity index (χ2v) is 11.2. The summed E-state index contributed by atoms with van der Waals surface area (Å²) in [4.78, 5) is 24.8. The normalized spacial score (nSPS) is 17.7. The maximum atomic E-state index is 15.7. The van der Waals surface area contributed by atoms with E-state index < -0.39 is 5.82 Å². The van der Waals surface area contributed by atoms with E-state index in [1.54, 1.807) is 30.1 Å². The molecule has 0 radical (unpaired) electrons. The molecule has 3 aromatic heterocycles. The van der Waals surface area contributed by atoms with Crippen molar-refractivity contribution in [3.8, 4) is 22.8 Å². The topological polar surface area (TPSA) is 74.4 Å². The molecular weight excluding hydrogens is 497 g/mol. The Balaban J connectivity index is 1.33. The van der Waals surface area contributed by atoms with Crippen LogP contribution in [0.4, 0.5) is 4.39 Å². The Labute approximate surface area is 227 Å². The molecule has 5 heterocycles. The van der Waals surface area contributed by atoms with E-state index in [0.29, 0.717) is 51.7 Å². The van der Waals surface area contributed by atoms with Gasteiger partial charge in [-0.05, 0) is 50.8 Å². The van der Waals surface area contributed by atoms with E-state index in [9.17, 15) is 4.79 Å². The van der Waals surface area contributed by atoms with Crippen molar-refractivity contribution in [1.29, 1.82) is 0 Å². The van der Waals surface area contributed by atoms with E-state index in [1.165, 1.54) is 38.4 Å². The van der Waals surface area contributed by atoms with Crippen LogP contribution in [0.25, 0.3) is 33.1 Å². The second-order valence-electron chi connectivity index (χ2n) is 11.2. The Morgan fingerprint density at radius 1 is 1.15 bits per heavy atom. The molecule has 206 valence electrons. The Morgan fingerprint density at radius 2 is 1.97 bits per heavy atom. The number of aryl methyl sites for hydroxylation is 1. The van der Waals surface area contributed by atoms with Crippen LogP contribution in [-0.4, -0.2) is 56.9 Å². The SMILES string of the molecule is CC(C)C[C@H]1COc2c(-c3ccc(OCCCN4CCCCC4)nc3)c(F)cc3ncc4c(c23)n1c(=O)n4C. The minimum atomic E-state index is -0.437. The van der Waals surface area contributed by atoms with E-state index >= 15 is 4.39 Å². The maximum Gasteiger partial charge on any atom is 0.329 e. The number of hydrogen-bond donors (Lipinski definition) is 0. The number of nitrogens with zero attached hydrogens (tertiary/aromatic N) is 5. The zero-order valence-electron chi connectivity index (χ0n) is 23.0. The molecule has 1 aromatic carbocycles. The summed E-state index contributed by atoms with van der Waals surface area (Å²) in [7, 11) is 1.75. The molecule has 0 spiro atoms. The van der Waals surface area contributed by atoms with Gasteiger partial charge in [0.25, 0.3) is 0 Å². The highest BCUT2D eigenvalue weighted by atomic mass is 19.1. The van der Waals surface area contributed by atoms with Crippen molar-refractivity contribution in [2.75, 3.05) is 32.8 Å². The van der Waals surface area contributed by atoms with E-state index in [2.05, 4.69) is 28.7 Å². The van der Waals surface area contributed by atoms with Crippen molar-refractivity contribution in [3.63, 3.8) is 0 Å². The van der Waals surface area contributed by atoms with E-state index in [4.69, 9.17) is 9.47 Å². The minimum Gasteiger partial charge on any atom is -0.490 e. The third kappa shape index (κ3) is 4.77. The summed E-state index contributed by atoms with van der Waals surface area (Å²) in [5.41, 5.74) is 2.72. The van der Waals surface area contributed by atoms with Crippen LogP contribution in [0.5, 0.6) is 11.6 Å². The van der Waals surface area contributed by atoms with Gasteiger partial charge in [0.15, 0.2) is 0 Å². The lowest BCUT2D eigenvalue weighted by Crippen LogP contribution is -2.31. The molecule has 0 amide bonds. The average molecular weight is 534 g/mol. The Bertz CT molecular complexity index is 1550. The van der Waals surface area contributed by atoms with E-state index in [0.717, 1.165) is 24.9 Å². The second kappa shape index (κ2) is 10.6. The first-order valence-corrected chi connectivity index (χ1v) is 14.1. The summed E-state index contributed by atoms with van der Waals surface area (Å²) in [6.45, 7) is 8.49. The fraction of sp³-hybridized carbons (Fsp3) is 0.500. The highest BCUT2D eigenvalue weighted by molar-refractivity contribution is 6.09. The molecule has 0 aliphatic carbocycles. The molecule has 0 N–H and O–H groups in total. The molecule has 39 heavy (non-hydrogen) atoms. The molecule has 2 aliphatic heterocycles. The van der Waals surface area contributed by atoms with Gasteiger partial charge < -0.3 is 14.4 Å². The van der Waals surface area contributed by atoms with Crippen molar-refractivity contribution in [2.45, 2.75) is 52.0 Å². The molecule has 2 aliphatic rings. The van der Waals surface area contributed by atoms with Crippen molar-refractivity contribution in [2.24, 2.45) is 13.0 Å². The molecule has 0 unspecified atom stereocenters. The summed E-state index contributed by atoms with van der Waals surface area (Å²) in [6.07, 6.45) is 8.88. The van der Waals surface area contributed by atoms with Gasteiger partial charge in [-0.1, -0.05) is 20.3 Å². The van der Waals surface area contributed by atoms with Gasteiger partial charge in [0, 0.05) is 37.5 Å². The molecule has 4 aromatic rings. The fourth-order valence-corrected chi connectivity index (χ4v) is 6.10. The zero-order valence-corrected chi connectivity index (χ0v) is 23.0. The van der Waals surface area contributed by atoms with Crippen LogP contribution in [0.3, 0.4) is 0 Å². The number of benzene rings is 1. The Hall–Kier alpha value is -3.46. The highest BCUT2D eigenvalue weighted by Gasteiger charge is 2.30. The Kier molecular flexibility index (Phi) is 7.01. The number of imidazole rings is 1. The van der Waals surface area contributed by atoms with Crippen molar-refractivity contribution in [3.05, 3.63) is 46.9 Å². The van der Waals surface area contributed by atoms with Gasteiger partial charge in [0.1, 0.15) is 18.2 Å². The van der Waals surface area contributed by atoms with Crippen molar-refractivity contribution in [1.82, 2.24) is 24.0 Å². The molecule has 0 saturated carbocycles. The largest absolute Gasteiger partial charge is 0.490 e. The van der Waals surface area contributed by atoms with Crippen LogP contribution in [0.1, 0.15) is 52.0 Å². The summed E-state index contributed by atoms with van der Waals surface area (Å²) in [6, 6.07) is 4.85. The van der Waals surface area contributed by atoms with E-state index in [1.807, 2.05) is 10.6 Å². The van der Waals surface area contributed by atoms with Gasteiger partial charge in [0.05, 0.1) is 46.3 Å². The summed E-state index contributed by atoms with van der Waals surface area (Å²) in [5, 5.41) is 0.658. The standard InChI is InChI=1S/C30H36FN5O3/c1-19(2)14-21-18-39-29-26(20-8-9-25(33-16-20)38-13-7-12-35-10-5-4-6-11-35)22(31)15-23-27(29)28-24(17-32-23)34(3)30(37)36(21)28/h8-9,15-17,19,21H,4-7,10-14,18H2,1-3H3/t21-/m0/s1. The number of pyridine rings is 2. The van der Waals surface area contributed by atoms with Crippen LogP contribution >= 0.6 is 0 Å². The predicted molar refractivity (Wildman–Crippen MR) is 150 cm³/mol. The molecule has 8 nitrogen and oxygen atoms in total. The van der Waals surface area contributed by atoms with E-state index in [-0.39, 0.29) is 18.3 Å². The van der Waals surface area contributed by atoms with Gasteiger partial charge in [0.2, 0.25) is 5.88 Å². The summed E-state index contributed by atoms with van der Waals surface area (Å²) < 4.78 is 31.3. The zero-order chi connectivity index (χ0) is 27.1. The number of likely N-dealkylation sites (tertiary alicyclic amines) is 1. The van der Waals surface area contributed by atoms with Gasteiger partial charge in [-0.3, -0.25) is 14.1 Å². The molecule has 0 bridgehead atoms. The molecule has 1 atom stereocenters. The lowest BCUT2D eigenvalue weighted by Gasteiger charge is -2.26. The third-order valence-electron chi connectivity index (χ3n) is 7.98. The number of halogens is 1. The van der Waals surface area contributed by atoms with Gasteiger partial charge >= 0.3 is 5.69 Å². The number of hydrogen-bond acceptors (Lipinski definition) is 6. The molecule has 1 saturated heterocycles. The maximum absolute atomic E-state index is 15.7. The quantitative estimate of drug-likeness (QED) is 0.285. The average Bonchev–Trinajstić information content (AvgIpc) is 3.07. The smallest absolute Gasteiger partial charge is 0.329 e. The Morgan fingerprint density at radius 3 is 2.72 bits per heavy atom. The van der Waals surface area contributed by atoms with Crippen LogP contribution in [0, 0.1) is 11.7 Å². The first-order chi connectivity index (χ1) is 18.9. The molecular formula is C30H36FN5O3. The lowest BCUT2D eigenvalue weighted by atomic mass is 10.0.